The van der Waals surface area contributed by atoms with Gasteiger partial charge in [-0.2, -0.15) is 0 Å². The molecule has 0 aliphatic carbocycles. The number of benzene rings is 3. The lowest BCUT2D eigenvalue weighted by Crippen LogP contribution is -2.45. The number of carboxylic acid groups (broad SMARTS) is 1. The van der Waals surface area contributed by atoms with Crippen LogP contribution in [0.1, 0.15) is 37.5 Å². The van der Waals surface area contributed by atoms with Crippen molar-refractivity contribution in [1.82, 2.24) is 5.32 Å². The standard InChI is InChI=1S/C28H31NO5S/c1-27(2,3)34-26(32)29-24(25(30)31)19-35-28(20-11-7-5-8-12-20,21-13-9-6-10-14-21)22-15-17-23(33-4)18-16-22/h5-18,24H,19H2,1-4H3,(H,29,32)(H,30,31). The highest BCUT2D eigenvalue weighted by atomic mass is 32.2. The Hall–Kier alpha value is -3.45. The molecule has 3 aromatic carbocycles. The minimum absolute atomic E-state index is 0.102. The Balaban J connectivity index is 2.06. The predicted molar refractivity (Wildman–Crippen MR) is 139 cm³/mol. The van der Waals surface area contributed by atoms with Gasteiger partial charge in [0, 0.05) is 5.75 Å². The molecule has 1 atom stereocenters. The summed E-state index contributed by atoms with van der Waals surface area (Å²) in [7, 11) is 1.62. The number of methoxy groups -OCH3 is 1. The van der Waals surface area contributed by atoms with E-state index < -0.39 is 28.5 Å². The molecule has 35 heavy (non-hydrogen) atoms. The lowest BCUT2D eigenvalue weighted by atomic mass is 9.84. The topological polar surface area (TPSA) is 84.9 Å². The Morgan fingerprint density at radius 3 is 1.77 bits per heavy atom. The van der Waals surface area contributed by atoms with Crippen LogP contribution in [-0.4, -0.2) is 41.7 Å². The monoisotopic (exact) mass is 493 g/mol. The third-order valence-corrected chi connectivity index (χ3v) is 6.95. The first-order valence-corrected chi connectivity index (χ1v) is 12.3. The molecule has 0 saturated heterocycles. The molecule has 0 heterocycles. The minimum atomic E-state index is -1.15. The van der Waals surface area contributed by atoms with Crippen molar-refractivity contribution in [3.8, 4) is 5.75 Å². The highest BCUT2D eigenvalue weighted by Gasteiger charge is 2.39. The average Bonchev–Trinajstić information content (AvgIpc) is 2.84. The molecule has 0 bridgehead atoms. The number of carboxylic acids is 1. The molecular formula is C28H31NO5S. The lowest BCUT2D eigenvalue weighted by molar-refractivity contribution is -0.138. The molecule has 2 N–H and O–H groups in total. The number of carbonyl (C=O) groups is 2. The fourth-order valence-corrected chi connectivity index (χ4v) is 5.31. The third kappa shape index (κ3) is 6.57. The lowest BCUT2D eigenvalue weighted by Gasteiger charge is -2.36. The number of hydrogen-bond donors (Lipinski definition) is 2. The van der Waals surface area contributed by atoms with Gasteiger partial charge in [-0.1, -0.05) is 72.8 Å². The van der Waals surface area contributed by atoms with E-state index in [2.05, 4.69) is 5.32 Å². The van der Waals surface area contributed by atoms with Crippen molar-refractivity contribution in [1.29, 1.82) is 0 Å². The molecule has 0 spiro atoms. The van der Waals surface area contributed by atoms with Gasteiger partial charge in [0.05, 0.1) is 11.9 Å². The number of alkyl carbamates (subject to hydrolysis) is 1. The van der Waals surface area contributed by atoms with Crippen LogP contribution in [0.2, 0.25) is 0 Å². The summed E-state index contributed by atoms with van der Waals surface area (Å²) < 4.78 is 9.92. The van der Waals surface area contributed by atoms with Crippen LogP contribution in [0.25, 0.3) is 0 Å². The summed E-state index contributed by atoms with van der Waals surface area (Å²) in [6.07, 6.45) is -0.764. The predicted octanol–water partition coefficient (Wildman–Crippen LogP) is 5.70. The second kappa shape index (κ2) is 11.3. The van der Waals surface area contributed by atoms with Crippen LogP contribution in [0.5, 0.6) is 5.75 Å². The Labute approximate surface area is 210 Å². The van der Waals surface area contributed by atoms with E-state index in [1.165, 1.54) is 11.8 Å². The van der Waals surface area contributed by atoms with Crippen LogP contribution >= 0.6 is 11.8 Å². The molecule has 3 rings (SSSR count). The maximum atomic E-state index is 12.4. The van der Waals surface area contributed by atoms with Gasteiger partial charge in [-0.3, -0.25) is 0 Å². The summed E-state index contributed by atoms with van der Waals surface area (Å²) in [5, 5.41) is 12.4. The van der Waals surface area contributed by atoms with Crippen molar-refractivity contribution in [2.75, 3.05) is 12.9 Å². The Morgan fingerprint density at radius 1 is 0.857 bits per heavy atom. The largest absolute Gasteiger partial charge is 0.497 e. The van der Waals surface area contributed by atoms with Crippen molar-refractivity contribution >= 4 is 23.8 Å². The van der Waals surface area contributed by atoms with Crippen molar-refractivity contribution in [3.05, 3.63) is 102 Å². The molecule has 0 aliphatic rings. The minimum Gasteiger partial charge on any atom is -0.497 e. The van der Waals surface area contributed by atoms with Crippen LogP contribution in [0, 0.1) is 0 Å². The van der Waals surface area contributed by atoms with Gasteiger partial charge in [0.1, 0.15) is 17.4 Å². The number of amides is 1. The number of hydrogen-bond acceptors (Lipinski definition) is 5. The molecule has 0 fully saturated rings. The SMILES string of the molecule is COc1ccc(C(SCC(NC(=O)OC(C)(C)C)C(=O)O)(c2ccccc2)c2ccccc2)cc1. The molecule has 0 aliphatic heterocycles. The van der Waals surface area contributed by atoms with Gasteiger partial charge in [-0.25, -0.2) is 9.59 Å². The molecule has 3 aromatic rings. The second-order valence-corrected chi connectivity index (χ2v) is 10.2. The van der Waals surface area contributed by atoms with E-state index in [1.807, 2.05) is 84.9 Å². The normalized spacial score (nSPS) is 12.5. The van der Waals surface area contributed by atoms with Crippen molar-refractivity contribution in [2.45, 2.75) is 37.2 Å². The summed E-state index contributed by atoms with van der Waals surface area (Å²) in [6.45, 7) is 5.20. The number of rotatable bonds is 9. The quantitative estimate of drug-likeness (QED) is 0.372. The zero-order chi connectivity index (χ0) is 25.5. The van der Waals surface area contributed by atoms with Gasteiger partial charge >= 0.3 is 12.1 Å². The Morgan fingerprint density at radius 2 is 1.34 bits per heavy atom. The van der Waals surface area contributed by atoms with Gasteiger partial charge in [0.2, 0.25) is 0 Å². The Kier molecular flexibility index (Phi) is 8.46. The number of aliphatic carboxylic acids is 1. The van der Waals surface area contributed by atoms with E-state index in [-0.39, 0.29) is 5.75 Å². The molecule has 1 amide bonds. The maximum Gasteiger partial charge on any atom is 0.408 e. The molecule has 184 valence electrons. The molecule has 0 saturated carbocycles. The van der Waals surface area contributed by atoms with Gasteiger partial charge in [-0.05, 0) is 49.6 Å². The third-order valence-electron chi connectivity index (χ3n) is 5.31. The van der Waals surface area contributed by atoms with Crippen molar-refractivity contribution in [3.63, 3.8) is 0 Å². The van der Waals surface area contributed by atoms with Gasteiger partial charge in [0.25, 0.3) is 0 Å². The Bertz CT molecular complexity index is 1070. The van der Waals surface area contributed by atoms with Crippen LogP contribution < -0.4 is 10.1 Å². The summed E-state index contributed by atoms with van der Waals surface area (Å²) in [6, 6.07) is 26.5. The highest BCUT2D eigenvalue weighted by molar-refractivity contribution is 8.00. The van der Waals surface area contributed by atoms with Gasteiger partial charge in [-0.15, -0.1) is 11.8 Å². The van der Waals surface area contributed by atoms with E-state index in [1.54, 1.807) is 27.9 Å². The number of carbonyl (C=O) groups excluding carboxylic acids is 1. The first kappa shape index (κ1) is 26.2. The van der Waals surface area contributed by atoms with Crippen LogP contribution in [-0.2, 0) is 14.3 Å². The molecule has 7 heteroatoms. The molecule has 6 nitrogen and oxygen atoms in total. The van der Waals surface area contributed by atoms with E-state index in [4.69, 9.17) is 9.47 Å². The van der Waals surface area contributed by atoms with Crippen LogP contribution in [0.15, 0.2) is 84.9 Å². The summed E-state index contributed by atoms with van der Waals surface area (Å²) >= 11 is 1.45. The molecular weight excluding hydrogens is 462 g/mol. The fourth-order valence-electron chi connectivity index (χ4n) is 3.75. The summed E-state index contributed by atoms with van der Waals surface area (Å²) in [5.41, 5.74) is 2.20. The first-order chi connectivity index (χ1) is 16.7. The maximum absolute atomic E-state index is 12.4. The van der Waals surface area contributed by atoms with E-state index >= 15 is 0 Å². The van der Waals surface area contributed by atoms with Crippen LogP contribution in [0.3, 0.4) is 0 Å². The number of nitrogens with one attached hydrogen (secondary N) is 1. The van der Waals surface area contributed by atoms with Crippen molar-refractivity contribution < 1.29 is 24.2 Å². The smallest absolute Gasteiger partial charge is 0.408 e. The molecule has 0 radical (unpaired) electrons. The second-order valence-electron chi connectivity index (χ2n) is 8.99. The highest BCUT2D eigenvalue weighted by Crippen LogP contribution is 2.49. The van der Waals surface area contributed by atoms with E-state index in [0.29, 0.717) is 0 Å². The first-order valence-electron chi connectivity index (χ1n) is 11.3. The molecule has 1 unspecified atom stereocenters. The van der Waals surface area contributed by atoms with Crippen molar-refractivity contribution in [2.24, 2.45) is 0 Å². The van der Waals surface area contributed by atoms with Gasteiger partial charge < -0.3 is 19.9 Å². The zero-order valence-corrected chi connectivity index (χ0v) is 21.2. The average molecular weight is 494 g/mol. The zero-order valence-electron chi connectivity index (χ0n) is 20.4. The van der Waals surface area contributed by atoms with E-state index in [9.17, 15) is 14.7 Å². The van der Waals surface area contributed by atoms with Gasteiger partial charge in [0.15, 0.2) is 0 Å². The molecule has 0 aromatic heterocycles. The fraction of sp³-hybridized carbons (Fsp3) is 0.286. The summed E-state index contributed by atoms with van der Waals surface area (Å²) in [5.74, 6) is -0.304. The number of ether oxygens (including phenoxy) is 2. The number of thioether (sulfide) groups is 1. The summed E-state index contributed by atoms with van der Waals surface area (Å²) in [4.78, 5) is 24.5. The van der Waals surface area contributed by atoms with E-state index in [0.717, 1.165) is 22.4 Å². The van der Waals surface area contributed by atoms with Crippen LogP contribution in [0.4, 0.5) is 4.79 Å².